The van der Waals surface area contributed by atoms with E-state index in [1.165, 1.54) is 0 Å². The topological polar surface area (TPSA) is 76.2 Å². The van der Waals surface area contributed by atoms with Crippen LogP contribution in [-0.2, 0) is 9.53 Å². The summed E-state index contributed by atoms with van der Waals surface area (Å²) in [5.41, 5.74) is 5.04. The zero-order chi connectivity index (χ0) is 8.69. The van der Waals surface area contributed by atoms with Crippen LogP contribution in [0.1, 0.15) is 26.2 Å². The van der Waals surface area contributed by atoms with Crippen molar-refractivity contribution in [2.45, 2.75) is 26.2 Å². The highest BCUT2D eigenvalue weighted by Crippen LogP contribution is 1.91. The fraction of sp³-hybridized carbons (Fsp3) is 0.714. The number of nitrogens with two attached hydrogens (primary N) is 1. The van der Waals surface area contributed by atoms with Crippen molar-refractivity contribution in [3.8, 4) is 0 Å². The first-order valence-electron chi connectivity index (χ1n) is 3.65. The van der Waals surface area contributed by atoms with Crippen LogP contribution in [0, 0.1) is 5.41 Å². The third-order valence-electron chi connectivity index (χ3n) is 1.09. The van der Waals surface area contributed by atoms with E-state index < -0.39 is 0 Å². The number of hydrogen-bond acceptors (Lipinski definition) is 3. The van der Waals surface area contributed by atoms with Gasteiger partial charge in [0, 0.05) is 12.8 Å². The van der Waals surface area contributed by atoms with Gasteiger partial charge in [0.1, 0.15) is 0 Å². The lowest BCUT2D eigenvalue weighted by atomic mass is 10.3. The van der Waals surface area contributed by atoms with Gasteiger partial charge in [0.2, 0.25) is 0 Å². The Morgan fingerprint density at radius 1 is 1.55 bits per heavy atom. The monoisotopic (exact) mass is 158 g/mol. The molecule has 64 valence electrons. The Morgan fingerprint density at radius 3 is 2.64 bits per heavy atom. The minimum atomic E-state index is -0.214. The summed E-state index contributed by atoms with van der Waals surface area (Å²) < 4.78 is 4.73. The van der Waals surface area contributed by atoms with Crippen LogP contribution in [0.3, 0.4) is 0 Å². The van der Waals surface area contributed by atoms with Crippen molar-refractivity contribution >= 4 is 11.8 Å². The van der Waals surface area contributed by atoms with Gasteiger partial charge in [-0.15, -0.1) is 0 Å². The summed E-state index contributed by atoms with van der Waals surface area (Å²) in [7, 11) is 0. The molecular formula is C7H14N2O2. The van der Waals surface area contributed by atoms with Crippen LogP contribution in [0.15, 0.2) is 0 Å². The molecule has 0 spiro atoms. The molecule has 11 heavy (non-hydrogen) atoms. The van der Waals surface area contributed by atoms with Crippen LogP contribution in [0.5, 0.6) is 0 Å². The molecule has 0 saturated carbocycles. The molecule has 0 heterocycles. The Bertz CT molecular complexity index is 145. The van der Waals surface area contributed by atoms with Crippen molar-refractivity contribution in [3.05, 3.63) is 0 Å². The van der Waals surface area contributed by atoms with Gasteiger partial charge in [0.15, 0.2) is 0 Å². The molecule has 0 radical (unpaired) electrons. The summed E-state index contributed by atoms with van der Waals surface area (Å²) in [6, 6.07) is 0. The Morgan fingerprint density at radius 2 is 2.18 bits per heavy atom. The molecule has 0 atom stereocenters. The molecule has 0 aliphatic heterocycles. The third kappa shape index (κ3) is 6.83. The van der Waals surface area contributed by atoms with Crippen molar-refractivity contribution in [3.63, 3.8) is 0 Å². The summed E-state index contributed by atoms with van der Waals surface area (Å²) in [6.45, 7) is 2.14. The minimum Gasteiger partial charge on any atom is -0.465 e. The Hall–Kier alpha value is -1.06. The van der Waals surface area contributed by atoms with Gasteiger partial charge in [-0.2, -0.15) is 0 Å². The van der Waals surface area contributed by atoms with Gasteiger partial charge in [0.05, 0.1) is 12.4 Å². The second-order valence-corrected chi connectivity index (χ2v) is 2.25. The van der Waals surface area contributed by atoms with Crippen LogP contribution in [0.25, 0.3) is 0 Å². The second-order valence-electron chi connectivity index (χ2n) is 2.25. The van der Waals surface area contributed by atoms with Gasteiger partial charge in [-0.3, -0.25) is 10.2 Å². The van der Waals surface area contributed by atoms with E-state index in [0.717, 1.165) is 6.42 Å². The van der Waals surface area contributed by atoms with Gasteiger partial charge in [-0.25, -0.2) is 0 Å². The first-order valence-corrected chi connectivity index (χ1v) is 3.65. The van der Waals surface area contributed by atoms with E-state index in [4.69, 9.17) is 15.9 Å². The standard InChI is InChI=1S/C7H14N2O2/c1-2-3-7(10)11-5-4-6(8)9/h2-5H2,1H3,(H3,8,9). The maximum atomic E-state index is 10.7. The van der Waals surface area contributed by atoms with Gasteiger partial charge in [-0.05, 0) is 6.42 Å². The molecule has 0 aliphatic carbocycles. The largest absolute Gasteiger partial charge is 0.465 e. The van der Waals surface area contributed by atoms with Gasteiger partial charge < -0.3 is 10.5 Å². The van der Waals surface area contributed by atoms with E-state index in [0.29, 0.717) is 12.8 Å². The predicted octanol–water partition coefficient (Wildman–Crippen LogP) is 0.656. The number of carbonyl (C=O) groups excluding carboxylic acids is 1. The quantitative estimate of drug-likeness (QED) is 0.350. The van der Waals surface area contributed by atoms with Gasteiger partial charge in [0.25, 0.3) is 0 Å². The molecule has 4 nitrogen and oxygen atoms in total. The van der Waals surface area contributed by atoms with E-state index in [1.807, 2.05) is 6.92 Å². The molecular weight excluding hydrogens is 144 g/mol. The Kier molecular flexibility index (Phi) is 5.15. The molecule has 4 heteroatoms. The lowest BCUT2D eigenvalue weighted by Gasteiger charge is -2.01. The Balaban J connectivity index is 3.24. The highest BCUT2D eigenvalue weighted by Gasteiger charge is 1.99. The number of ether oxygens (including phenoxy) is 1. The smallest absolute Gasteiger partial charge is 0.305 e. The highest BCUT2D eigenvalue weighted by atomic mass is 16.5. The SMILES string of the molecule is CCCC(=O)OCCC(=N)N. The minimum absolute atomic E-state index is 0.0503. The highest BCUT2D eigenvalue weighted by molar-refractivity contribution is 5.77. The van der Waals surface area contributed by atoms with Crippen LogP contribution in [-0.4, -0.2) is 18.4 Å². The zero-order valence-electron chi connectivity index (χ0n) is 6.72. The van der Waals surface area contributed by atoms with Gasteiger partial charge in [-0.1, -0.05) is 6.92 Å². The number of carbonyl (C=O) groups is 1. The summed E-state index contributed by atoms with van der Waals surface area (Å²) in [6.07, 6.45) is 1.56. The van der Waals surface area contributed by atoms with E-state index in [9.17, 15) is 4.79 Å². The first-order chi connectivity index (χ1) is 5.16. The predicted molar refractivity (Wildman–Crippen MR) is 42.4 cm³/mol. The van der Waals surface area contributed by atoms with Crippen molar-refractivity contribution in [1.82, 2.24) is 0 Å². The molecule has 0 aromatic rings. The Labute approximate surface area is 66.2 Å². The lowest BCUT2D eigenvalue weighted by molar-refractivity contribution is -0.143. The number of rotatable bonds is 5. The van der Waals surface area contributed by atoms with Crippen LogP contribution >= 0.6 is 0 Å². The van der Waals surface area contributed by atoms with E-state index in [1.54, 1.807) is 0 Å². The molecule has 3 N–H and O–H groups in total. The number of amidine groups is 1. The molecule has 0 aromatic heterocycles. The summed E-state index contributed by atoms with van der Waals surface area (Å²) in [4.78, 5) is 10.7. The fourth-order valence-electron chi connectivity index (χ4n) is 0.551. The van der Waals surface area contributed by atoms with Crippen molar-refractivity contribution < 1.29 is 9.53 Å². The van der Waals surface area contributed by atoms with Gasteiger partial charge >= 0.3 is 5.97 Å². The maximum Gasteiger partial charge on any atom is 0.305 e. The van der Waals surface area contributed by atoms with Crippen molar-refractivity contribution in [2.24, 2.45) is 5.73 Å². The molecule has 0 aliphatic rings. The van der Waals surface area contributed by atoms with Crippen LogP contribution in [0.4, 0.5) is 0 Å². The fourth-order valence-corrected chi connectivity index (χ4v) is 0.551. The number of hydrogen-bond donors (Lipinski definition) is 2. The second kappa shape index (κ2) is 5.70. The van der Waals surface area contributed by atoms with E-state index >= 15 is 0 Å². The van der Waals surface area contributed by atoms with E-state index in [2.05, 4.69) is 0 Å². The number of nitrogens with one attached hydrogen (secondary N) is 1. The third-order valence-corrected chi connectivity index (χ3v) is 1.09. The summed E-state index contributed by atoms with van der Waals surface area (Å²) in [5, 5.41) is 6.83. The summed E-state index contributed by atoms with van der Waals surface area (Å²) in [5.74, 6) is -0.164. The molecule has 0 aromatic carbocycles. The van der Waals surface area contributed by atoms with E-state index in [-0.39, 0.29) is 18.4 Å². The molecule has 0 amide bonds. The van der Waals surface area contributed by atoms with Crippen LogP contribution in [0.2, 0.25) is 0 Å². The van der Waals surface area contributed by atoms with Crippen LogP contribution < -0.4 is 5.73 Å². The van der Waals surface area contributed by atoms with Crippen molar-refractivity contribution in [2.75, 3.05) is 6.61 Å². The molecule has 0 bridgehead atoms. The molecule has 0 saturated heterocycles. The average Bonchev–Trinajstić information content (AvgIpc) is 1.87. The maximum absolute atomic E-state index is 10.7. The molecule has 0 unspecified atom stereocenters. The zero-order valence-corrected chi connectivity index (χ0v) is 6.72. The number of esters is 1. The molecule has 0 rings (SSSR count). The average molecular weight is 158 g/mol. The first kappa shape index (κ1) is 9.94. The normalized spacial score (nSPS) is 9.18. The molecule has 0 fully saturated rings. The summed E-state index contributed by atoms with van der Waals surface area (Å²) >= 11 is 0. The lowest BCUT2D eigenvalue weighted by Crippen LogP contribution is -2.14. The van der Waals surface area contributed by atoms with Crippen molar-refractivity contribution in [1.29, 1.82) is 5.41 Å².